The molecule has 0 saturated carbocycles. The lowest BCUT2D eigenvalue weighted by atomic mass is 9.91. The van der Waals surface area contributed by atoms with Crippen LogP contribution in [0.25, 0.3) is 0 Å². The highest BCUT2D eigenvalue weighted by atomic mass is 35.5. The van der Waals surface area contributed by atoms with Crippen LogP contribution >= 0.6 is 11.6 Å². The lowest BCUT2D eigenvalue weighted by Crippen LogP contribution is -2.36. The number of carbonyl (C=O) groups excluding carboxylic acids is 1. The summed E-state index contributed by atoms with van der Waals surface area (Å²) in [5.74, 6) is 1.67. The Labute approximate surface area is 213 Å². The van der Waals surface area contributed by atoms with Gasteiger partial charge in [0.15, 0.2) is 0 Å². The number of nitriles is 1. The summed E-state index contributed by atoms with van der Waals surface area (Å²) in [6.45, 7) is 16.1. The number of aryl methyl sites for hydroxylation is 3. The molecular weight excluding hydrogens is 440 g/mol. The monoisotopic (exact) mass is 482 g/mol. The van der Waals surface area contributed by atoms with Crippen LogP contribution in [0.1, 0.15) is 82.6 Å². The number of nitrogens with zero attached hydrogens (tertiary/aromatic N) is 2. The molecule has 3 rings (SSSR count). The van der Waals surface area contributed by atoms with Crippen LogP contribution in [0, 0.1) is 37.0 Å². The molecule has 0 radical (unpaired) electrons. The molecule has 2 aromatic carbocycles. The van der Waals surface area contributed by atoms with Crippen molar-refractivity contribution in [1.29, 1.82) is 5.26 Å². The third-order valence-electron chi connectivity index (χ3n) is 6.91. The van der Waals surface area contributed by atoms with Crippen LogP contribution in [0.4, 0.5) is 0 Å². The zero-order chi connectivity index (χ0) is 25.7. The minimum absolute atomic E-state index is 0.383. The fourth-order valence-corrected chi connectivity index (χ4v) is 4.55. The van der Waals surface area contributed by atoms with Crippen LogP contribution in [0.2, 0.25) is 5.02 Å². The van der Waals surface area contributed by atoms with E-state index >= 15 is 0 Å². The van der Waals surface area contributed by atoms with Crippen molar-refractivity contribution in [1.82, 2.24) is 4.90 Å². The van der Waals surface area contributed by atoms with Gasteiger partial charge < -0.3 is 4.90 Å². The van der Waals surface area contributed by atoms with E-state index in [4.69, 9.17) is 16.9 Å². The molecule has 4 heteroatoms. The summed E-state index contributed by atoms with van der Waals surface area (Å²) in [5.41, 5.74) is 4.47. The van der Waals surface area contributed by atoms with Gasteiger partial charge in [0, 0.05) is 19.0 Å². The van der Waals surface area contributed by atoms with Crippen LogP contribution < -0.4 is 0 Å². The zero-order valence-corrected chi connectivity index (χ0v) is 23.0. The Balaban J connectivity index is 0.000000266. The van der Waals surface area contributed by atoms with E-state index in [-0.39, 0.29) is 0 Å². The molecule has 0 aromatic heterocycles. The maximum absolute atomic E-state index is 11.9. The molecule has 2 atom stereocenters. The zero-order valence-electron chi connectivity index (χ0n) is 22.2. The molecule has 186 valence electrons. The minimum Gasteiger partial charge on any atom is -0.339 e. The van der Waals surface area contributed by atoms with Gasteiger partial charge in [-0.1, -0.05) is 83.0 Å². The lowest BCUT2D eigenvalue weighted by Gasteiger charge is -2.27. The highest BCUT2D eigenvalue weighted by Gasteiger charge is 2.34. The van der Waals surface area contributed by atoms with Gasteiger partial charge in [-0.15, -0.1) is 0 Å². The highest BCUT2D eigenvalue weighted by Crippen LogP contribution is 2.29. The van der Waals surface area contributed by atoms with Crippen molar-refractivity contribution < 1.29 is 4.79 Å². The summed E-state index contributed by atoms with van der Waals surface area (Å²) in [6, 6.07) is 16.3. The summed E-state index contributed by atoms with van der Waals surface area (Å²) in [4.78, 5) is 14.0. The fourth-order valence-electron chi connectivity index (χ4n) is 4.27. The van der Waals surface area contributed by atoms with Gasteiger partial charge in [-0.05, 0) is 73.8 Å². The lowest BCUT2D eigenvalue weighted by molar-refractivity contribution is -0.129. The Morgan fingerprint density at radius 1 is 1.06 bits per heavy atom. The summed E-state index contributed by atoms with van der Waals surface area (Å²) >= 11 is 5.71. The minimum atomic E-state index is 0.383. The molecule has 2 unspecified atom stereocenters. The van der Waals surface area contributed by atoms with E-state index in [2.05, 4.69) is 70.7 Å². The van der Waals surface area contributed by atoms with E-state index in [1.807, 2.05) is 19.1 Å². The predicted octanol–water partition coefficient (Wildman–Crippen LogP) is 8.15. The second kappa shape index (κ2) is 15.6. The molecule has 3 nitrogen and oxygen atoms in total. The molecule has 1 aliphatic heterocycles. The maximum Gasteiger partial charge on any atom is 0.223 e. The van der Waals surface area contributed by atoms with Crippen LogP contribution in [0.15, 0.2) is 42.5 Å². The molecule has 1 aliphatic rings. The van der Waals surface area contributed by atoms with Crippen molar-refractivity contribution in [2.45, 2.75) is 86.6 Å². The summed E-state index contributed by atoms with van der Waals surface area (Å²) < 4.78 is 0. The quantitative estimate of drug-likeness (QED) is 0.416. The van der Waals surface area contributed by atoms with Crippen LogP contribution in [0.3, 0.4) is 0 Å². The van der Waals surface area contributed by atoms with Crippen LogP contribution in [-0.4, -0.2) is 23.4 Å². The Morgan fingerprint density at radius 2 is 1.71 bits per heavy atom. The van der Waals surface area contributed by atoms with Crippen LogP contribution in [0.5, 0.6) is 0 Å². The maximum atomic E-state index is 11.9. The first-order valence-corrected chi connectivity index (χ1v) is 13.1. The first kappa shape index (κ1) is 29.7. The van der Waals surface area contributed by atoms with Gasteiger partial charge in [-0.2, -0.15) is 5.26 Å². The Kier molecular flexibility index (Phi) is 13.6. The molecule has 0 bridgehead atoms. The van der Waals surface area contributed by atoms with E-state index < -0.39 is 0 Å². The number of carbonyl (C=O) groups is 1. The number of halogens is 1. The Hall–Kier alpha value is -2.31. The molecule has 0 spiro atoms. The predicted molar refractivity (Wildman–Crippen MR) is 145 cm³/mol. The van der Waals surface area contributed by atoms with Crippen molar-refractivity contribution in [3.8, 4) is 6.07 Å². The number of benzene rings is 2. The number of hydrogen-bond donors (Lipinski definition) is 0. The second-order valence-electron chi connectivity index (χ2n) is 9.24. The Morgan fingerprint density at radius 3 is 2.18 bits per heavy atom. The number of rotatable bonds is 6. The first-order chi connectivity index (χ1) is 16.2. The molecule has 2 aromatic rings. The normalized spacial score (nSPS) is 15.7. The average molecular weight is 483 g/mol. The molecule has 1 fully saturated rings. The standard InChI is InChI=1S/C13H25NO.C9H12.C8H6ClN/c1-5-10(4)11-8-13(15)14(9-11)12(6-2)7-3;1-3-9-7-5-4-6-8(9)2;1-6-2-3-7(5-10)8(9)4-6/h10-12H,5-9H2,1-4H3;4-7H,3H2,1-2H3;2-4H,1H3. The largest absolute Gasteiger partial charge is 0.339 e. The molecule has 34 heavy (non-hydrogen) atoms. The van der Waals surface area contributed by atoms with Crippen molar-refractivity contribution in [2.75, 3.05) is 6.54 Å². The topological polar surface area (TPSA) is 44.1 Å². The van der Waals surface area contributed by atoms with E-state index in [9.17, 15) is 4.79 Å². The van der Waals surface area contributed by atoms with Crippen molar-refractivity contribution in [3.05, 3.63) is 69.7 Å². The van der Waals surface area contributed by atoms with E-state index in [1.54, 1.807) is 12.1 Å². The van der Waals surface area contributed by atoms with Gasteiger partial charge in [-0.3, -0.25) is 4.79 Å². The second-order valence-corrected chi connectivity index (χ2v) is 9.65. The third-order valence-corrected chi connectivity index (χ3v) is 7.22. The molecule has 0 N–H and O–H groups in total. The molecule has 1 saturated heterocycles. The van der Waals surface area contributed by atoms with Gasteiger partial charge in [0.05, 0.1) is 10.6 Å². The fraction of sp³-hybridized carbons (Fsp3) is 0.533. The Bertz CT molecular complexity index is 930. The third kappa shape index (κ3) is 9.15. The average Bonchev–Trinajstić information content (AvgIpc) is 3.22. The van der Waals surface area contributed by atoms with Gasteiger partial charge in [0.2, 0.25) is 5.91 Å². The smallest absolute Gasteiger partial charge is 0.223 e. The summed E-state index contributed by atoms with van der Waals surface area (Å²) in [5, 5.41) is 9.00. The highest BCUT2D eigenvalue weighted by molar-refractivity contribution is 6.31. The summed E-state index contributed by atoms with van der Waals surface area (Å²) in [6.07, 6.45) is 5.30. The van der Waals surface area contributed by atoms with Gasteiger partial charge >= 0.3 is 0 Å². The molecule has 1 amide bonds. The van der Waals surface area contributed by atoms with Gasteiger partial charge in [0.1, 0.15) is 6.07 Å². The van der Waals surface area contributed by atoms with E-state index in [0.29, 0.717) is 34.4 Å². The van der Waals surface area contributed by atoms with Crippen LogP contribution in [-0.2, 0) is 11.2 Å². The first-order valence-electron chi connectivity index (χ1n) is 12.7. The summed E-state index contributed by atoms with van der Waals surface area (Å²) in [7, 11) is 0. The number of likely N-dealkylation sites (tertiary alicyclic amines) is 1. The van der Waals surface area contributed by atoms with Crippen molar-refractivity contribution in [2.24, 2.45) is 11.8 Å². The SMILES string of the molecule is CCC(C)C1CC(=O)N(C(CC)CC)C1.CCc1ccccc1C.Cc1ccc(C#N)c(Cl)c1. The number of hydrogen-bond acceptors (Lipinski definition) is 2. The van der Waals surface area contributed by atoms with E-state index in [0.717, 1.165) is 37.8 Å². The van der Waals surface area contributed by atoms with Crippen molar-refractivity contribution in [3.63, 3.8) is 0 Å². The molecular formula is C30H43ClN2O. The molecule has 0 aliphatic carbocycles. The van der Waals surface area contributed by atoms with Gasteiger partial charge in [0.25, 0.3) is 0 Å². The molecule has 1 heterocycles. The van der Waals surface area contributed by atoms with Gasteiger partial charge in [-0.25, -0.2) is 0 Å². The van der Waals surface area contributed by atoms with E-state index in [1.165, 1.54) is 17.5 Å². The van der Waals surface area contributed by atoms with Crippen molar-refractivity contribution >= 4 is 17.5 Å². The number of amides is 1.